The van der Waals surface area contributed by atoms with Crippen molar-refractivity contribution in [1.82, 2.24) is 5.43 Å². The molecule has 0 spiro atoms. The Labute approximate surface area is 146 Å². The van der Waals surface area contributed by atoms with Crippen LogP contribution in [0, 0.1) is 5.82 Å². The fraction of sp³-hybridized carbons (Fsp3) is 0. The highest BCUT2D eigenvalue weighted by atomic mass is 32.1. The predicted molar refractivity (Wildman–Crippen MR) is 94.5 cm³/mol. The normalized spacial score (nSPS) is 10.9. The van der Waals surface area contributed by atoms with Crippen LogP contribution in [0.5, 0.6) is 11.5 Å². The first-order valence-electron chi connectivity index (χ1n) is 7.24. The molecule has 0 atom stereocenters. The van der Waals surface area contributed by atoms with Crippen LogP contribution >= 0.6 is 11.3 Å². The van der Waals surface area contributed by atoms with E-state index in [-0.39, 0.29) is 23.2 Å². The monoisotopic (exact) mass is 356 g/mol. The third kappa shape index (κ3) is 4.02. The van der Waals surface area contributed by atoms with Gasteiger partial charge in [-0.15, -0.1) is 11.3 Å². The van der Waals surface area contributed by atoms with E-state index in [2.05, 4.69) is 10.5 Å². The van der Waals surface area contributed by atoms with Gasteiger partial charge in [0.2, 0.25) is 0 Å². The number of hydrogen-bond donors (Lipinski definition) is 3. The van der Waals surface area contributed by atoms with E-state index in [1.165, 1.54) is 41.8 Å². The zero-order valence-electron chi connectivity index (χ0n) is 12.8. The summed E-state index contributed by atoms with van der Waals surface area (Å²) >= 11 is 1.27. The van der Waals surface area contributed by atoms with E-state index >= 15 is 0 Å². The maximum atomic E-state index is 13.0. The molecular weight excluding hydrogens is 343 g/mol. The molecule has 5 nitrogen and oxygen atoms in total. The first-order valence-corrected chi connectivity index (χ1v) is 8.06. The molecule has 7 heteroatoms. The number of nitrogens with one attached hydrogen (secondary N) is 1. The number of amides is 1. The molecule has 0 saturated heterocycles. The van der Waals surface area contributed by atoms with Crippen LogP contribution in [-0.4, -0.2) is 22.3 Å². The number of phenolic OH excluding ortho intramolecular Hbond substituents is 2. The van der Waals surface area contributed by atoms with Gasteiger partial charge >= 0.3 is 0 Å². The molecule has 1 heterocycles. The van der Waals surface area contributed by atoms with Crippen LogP contribution in [0.15, 0.2) is 59.7 Å². The van der Waals surface area contributed by atoms with Gasteiger partial charge in [-0.05, 0) is 53.6 Å². The van der Waals surface area contributed by atoms with Gasteiger partial charge in [-0.1, -0.05) is 12.1 Å². The summed E-state index contributed by atoms with van der Waals surface area (Å²) in [5.41, 5.74) is 3.74. The number of nitrogens with zero attached hydrogens (tertiary/aromatic N) is 1. The standard InChI is InChI=1S/C18H13FN2O3S/c19-13-4-2-12(3-5-13)16-7-8-17(25-16)18(24)21-20-10-11-1-6-14(22)15(23)9-11/h1-10,22-23H,(H,21,24)/b20-10+. The van der Waals surface area contributed by atoms with Crippen molar-refractivity contribution < 1.29 is 19.4 Å². The Morgan fingerprint density at radius 2 is 1.80 bits per heavy atom. The second-order valence-corrected chi connectivity index (χ2v) is 6.20. The smallest absolute Gasteiger partial charge is 0.281 e. The summed E-state index contributed by atoms with van der Waals surface area (Å²) in [5, 5.41) is 22.4. The molecule has 0 aliphatic rings. The summed E-state index contributed by atoms with van der Waals surface area (Å²) in [6, 6.07) is 13.7. The first kappa shape index (κ1) is 16.7. The second-order valence-electron chi connectivity index (χ2n) is 5.12. The fourth-order valence-corrected chi connectivity index (χ4v) is 2.97. The minimum absolute atomic E-state index is 0.229. The quantitative estimate of drug-likeness (QED) is 0.378. The number of hydrazone groups is 1. The zero-order valence-corrected chi connectivity index (χ0v) is 13.6. The van der Waals surface area contributed by atoms with Crippen molar-refractivity contribution in [3.8, 4) is 21.9 Å². The Morgan fingerprint density at radius 3 is 2.52 bits per heavy atom. The predicted octanol–water partition coefficient (Wildman–Crippen LogP) is 3.73. The number of carbonyl (C=O) groups excluding carboxylic acids is 1. The molecule has 3 N–H and O–H groups in total. The minimum atomic E-state index is -0.377. The largest absolute Gasteiger partial charge is 0.504 e. The molecule has 0 unspecified atom stereocenters. The second kappa shape index (κ2) is 7.14. The van der Waals surface area contributed by atoms with Crippen LogP contribution in [0.3, 0.4) is 0 Å². The average Bonchev–Trinajstić information content (AvgIpc) is 3.09. The van der Waals surface area contributed by atoms with Gasteiger partial charge in [0.05, 0.1) is 11.1 Å². The lowest BCUT2D eigenvalue weighted by Gasteiger charge is -1.99. The first-order chi connectivity index (χ1) is 12.0. The number of benzene rings is 2. The van der Waals surface area contributed by atoms with Gasteiger partial charge in [-0.25, -0.2) is 9.82 Å². The summed E-state index contributed by atoms with van der Waals surface area (Å²) in [6.45, 7) is 0. The number of aromatic hydroxyl groups is 2. The van der Waals surface area contributed by atoms with Gasteiger partial charge in [0, 0.05) is 4.88 Å². The SMILES string of the molecule is O=C(N/N=C/c1ccc(O)c(O)c1)c1ccc(-c2ccc(F)cc2)s1. The third-order valence-corrected chi connectivity index (χ3v) is 4.47. The van der Waals surface area contributed by atoms with E-state index < -0.39 is 0 Å². The van der Waals surface area contributed by atoms with Gasteiger partial charge in [-0.3, -0.25) is 4.79 Å². The minimum Gasteiger partial charge on any atom is -0.504 e. The molecule has 0 aliphatic heterocycles. The van der Waals surface area contributed by atoms with Crippen LogP contribution in [0.4, 0.5) is 4.39 Å². The van der Waals surface area contributed by atoms with Gasteiger partial charge in [-0.2, -0.15) is 5.10 Å². The lowest BCUT2D eigenvalue weighted by molar-refractivity contribution is 0.0959. The molecule has 0 aliphatic carbocycles. The molecule has 0 saturated carbocycles. The zero-order chi connectivity index (χ0) is 17.8. The van der Waals surface area contributed by atoms with E-state index in [1.54, 1.807) is 30.3 Å². The molecule has 0 radical (unpaired) electrons. The number of thiophene rings is 1. The molecule has 25 heavy (non-hydrogen) atoms. The van der Waals surface area contributed by atoms with E-state index in [1.807, 2.05) is 0 Å². The van der Waals surface area contributed by atoms with Crippen LogP contribution in [0.2, 0.25) is 0 Å². The van der Waals surface area contributed by atoms with E-state index in [9.17, 15) is 19.4 Å². The van der Waals surface area contributed by atoms with Gasteiger partial charge in [0.1, 0.15) is 5.82 Å². The van der Waals surface area contributed by atoms with Crippen LogP contribution in [0.25, 0.3) is 10.4 Å². The average molecular weight is 356 g/mol. The van der Waals surface area contributed by atoms with Crippen molar-refractivity contribution in [2.75, 3.05) is 0 Å². The topological polar surface area (TPSA) is 81.9 Å². The molecule has 1 amide bonds. The summed E-state index contributed by atoms with van der Waals surface area (Å²) in [4.78, 5) is 13.4. The molecule has 2 aromatic carbocycles. The van der Waals surface area contributed by atoms with Gasteiger partial charge in [0.25, 0.3) is 5.91 Å². The molecule has 3 aromatic rings. The van der Waals surface area contributed by atoms with Crippen LogP contribution in [-0.2, 0) is 0 Å². The maximum absolute atomic E-state index is 13.0. The van der Waals surface area contributed by atoms with E-state index in [0.717, 1.165) is 10.4 Å². The molecule has 1 aromatic heterocycles. The number of rotatable bonds is 4. The highest BCUT2D eigenvalue weighted by molar-refractivity contribution is 7.17. The number of halogens is 1. The fourth-order valence-electron chi connectivity index (χ4n) is 2.07. The van der Waals surface area contributed by atoms with Crippen molar-refractivity contribution in [3.63, 3.8) is 0 Å². The maximum Gasteiger partial charge on any atom is 0.281 e. The lowest BCUT2D eigenvalue weighted by Crippen LogP contribution is -2.16. The Balaban J connectivity index is 1.66. The lowest BCUT2D eigenvalue weighted by atomic mass is 10.2. The van der Waals surface area contributed by atoms with Crippen molar-refractivity contribution >= 4 is 23.5 Å². The van der Waals surface area contributed by atoms with Crippen LogP contribution < -0.4 is 5.43 Å². The summed E-state index contributed by atoms with van der Waals surface area (Å²) < 4.78 is 13.0. The highest BCUT2D eigenvalue weighted by Crippen LogP contribution is 2.28. The molecule has 0 bridgehead atoms. The van der Waals surface area contributed by atoms with Crippen molar-refractivity contribution in [1.29, 1.82) is 0 Å². The van der Waals surface area contributed by atoms with E-state index in [4.69, 9.17) is 0 Å². The molecule has 126 valence electrons. The molecule has 3 rings (SSSR count). The van der Waals surface area contributed by atoms with Crippen molar-refractivity contribution in [3.05, 3.63) is 70.9 Å². The summed E-state index contributed by atoms with van der Waals surface area (Å²) in [5.74, 6) is -1.18. The number of carbonyl (C=O) groups is 1. The Kier molecular flexibility index (Phi) is 4.76. The van der Waals surface area contributed by atoms with E-state index in [0.29, 0.717) is 10.4 Å². The van der Waals surface area contributed by atoms with Crippen molar-refractivity contribution in [2.24, 2.45) is 5.10 Å². The Morgan fingerprint density at radius 1 is 1.04 bits per heavy atom. The third-order valence-electron chi connectivity index (χ3n) is 3.34. The molecular formula is C18H13FN2O3S. The Bertz CT molecular complexity index is 936. The number of hydrogen-bond acceptors (Lipinski definition) is 5. The van der Waals surface area contributed by atoms with Crippen molar-refractivity contribution in [2.45, 2.75) is 0 Å². The van der Waals surface area contributed by atoms with Gasteiger partial charge in [0.15, 0.2) is 11.5 Å². The Hall–Kier alpha value is -3.19. The van der Waals surface area contributed by atoms with Crippen LogP contribution in [0.1, 0.15) is 15.2 Å². The summed E-state index contributed by atoms with van der Waals surface area (Å²) in [6.07, 6.45) is 1.35. The van der Waals surface area contributed by atoms with Gasteiger partial charge < -0.3 is 10.2 Å². The summed E-state index contributed by atoms with van der Waals surface area (Å²) in [7, 11) is 0. The highest BCUT2D eigenvalue weighted by Gasteiger charge is 2.09. The number of phenols is 2. The molecule has 0 fully saturated rings.